The first-order valence-electron chi connectivity index (χ1n) is 6.81. The highest BCUT2D eigenvalue weighted by Gasteiger charge is 2.26. The van der Waals surface area contributed by atoms with Crippen molar-refractivity contribution >= 4 is 17.8 Å². The number of nitrogen functional groups attached to an aromatic ring is 1. The number of nitrogens with zero attached hydrogens (tertiary/aromatic N) is 4. The molecule has 1 saturated heterocycles. The van der Waals surface area contributed by atoms with Crippen LogP contribution in [0.1, 0.15) is 19.8 Å². The predicted octanol–water partition coefficient (Wildman–Crippen LogP) is 0.501. The van der Waals surface area contributed by atoms with Crippen molar-refractivity contribution in [1.29, 1.82) is 0 Å². The Bertz CT molecular complexity index is 442. The van der Waals surface area contributed by atoms with Crippen molar-refractivity contribution < 1.29 is 4.74 Å². The van der Waals surface area contributed by atoms with E-state index >= 15 is 0 Å². The first kappa shape index (κ1) is 12.4. The molecule has 0 aromatic carbocycles. The molecule has 7 nitrogen and oxygen atoms in total. The minimum Gasteiger partial charge on any atom is -0.378 e. The van der Waals surface area contributed by atoms with Crippen LogP contribution in [-0.4, -0.2) is 47.3 Å². The van der Waals surface area contributed by atoms with Crippen LogP contribution in [0.4, 0.5) is 17.8 Å². The van der Waals surface area contributed by atoms with E-state index in [9.17, 15) is 0 Å². The lowest BCUT2D eigenvalue weighted by Gasteiger charge is -2.33. The van der Waals surface area contributed by atoms with Crippen LogP contribution in [0, 0.1) is 5.92 Å². The Morgan fingerprint density at radius 3 is 2.63 bits per heavy atom. The second-order valence-corrected chi connectivity index (χ2v) is 5.33. The third-order valence-corrected chi connectivity index (χ3v) is 3.64. The van der Waals surface area contributed by atoms with Gasteiger partial charge in [-0.05, 0) is 18.8 Å². The monoisotopic (exact) mass is 264 g/mol. The number of nitrogens with one attached hydrogen (secondary N) is 1. The quantitative estimate of drug-likeness (QED) is 0.821. The second kappa shape index (κ2) is 5.16. The summed E-state index contributed by atoms with van der Waals surface area (Å²) in [6.45, 7) is 5.24. The van der Waals surface area contributed by atoms with Crippen LogP contribution in [0.3, 0.4) is 0 Å². The zero-order valence-corrected chi connectivity index (χ0v) is 11.2. The summed E-state index contributed by atoms with van der Waals surface area (Å²) in [6.07, 6.45) is 2.33. The minimum absolute atomic E-state index is 0.270. The first-order valence-corrected chi connectivity index (χ1v) is 6.81. The van der Waals surface area contributed by atoms with Gasteiger partial charge in [0.25, 0.3) is 0 Å². The number of hydrogen-bond acceptors (Lipinski definition) is 7. The number of rotatable bonds is 3. The van der Waals surface area contributed by atoms with E-state index in [0.717, 1.165) is 19.0 Å². The van der Waals surface area contributed by atoms with Gasteiger partial charge in [0, 0.05) is 19.1 Å². The molecule has 1 aromatic rings. The van der Waals surface area contributed by atoms with Crippen molar-refractivity contribution in [2.45, 2.75) is 25.8 Å². The van der Waals surface area contributed by atoms with E-state index in [2.05, 4.69) is 32.1 Å². The fourth-order valence-corrected chi connectivity index (χ4v) is 2.55. The Morgan fingerprint density at radius 2 is 1.95 bits per heavy atom. The van der Waals surface area contributed by atoms with Gasteiger partial charge >= 0.3 is 0 Å². The van der Waals surface area contributed by atoms with Crippen LogP contribution in [0.5, 0.6) is 0 Å². The van der Waals surface area contributed by atoms with Gasteiger partial charge in [0.1, 0.15) is 0 Å². The molecule has 0 radical (unpaired) electrons. The molecule has 0 atom stereocenters. The molecule has 19 heavy (non-hydrogen) atoms. The number of ether oxygens (including phenoxy) is 1. The molecule has 0 amide bonds. The SMILES string of the molecule is CC1CC(Nc2nc(N)nc(N3CCOCC3)n2)C1. The normalized spacial score (nSPS) is 26.9. The molecule has 1 aromatic heterocycles. The van der Waals surface area contributed by atoms with Crippen LogP contribution >= 0.6 is 0 Å². The fraction of sp³-hybridized carbons (Fsp3) is 0.750. The van der Waals surface area contributed by atoms with E-state index in [1.54, 1.807) is 0 Å². The van der Waals surface area contributed by atoms with E-state index < -0.39 is 0 Å². The van der Waals surface area contributed by atoms with Crippen LogP contribution in [0.2, 0.25) is 0 Å². The van der Waals surface area contributed by atoms with Crippen LogP contribution in [0.25, 0.3) is 0 Å². The minimum atomic E-state index is 0.270. The summed E-state index contributed by atoms with van der Waals surface area (Å²) < 4.78 is 5.32. The van der Waals surface area contributed by atoms with Crippen LogP contribution in [-0.2, 0) is 4.74 Å². The average molecular weight is 264 g/mol. The van der Waals surface area contributed by atoms with E-state index in [1.165, 1.54) is 12.8 Å². The van der Waals surface area contributed by atoms with Crippen molar-refractivity contribution in [2.24, 2.45) is 5.92 Å². The molecule has 3 rings (SSSR count). The Kier molecular flexibility index (Phi) is 3.37. The molecule has 2 aliphatic rings. The van der Waals surface area contributed by atoms with Gasteiger partial charge in [0.15, 0.2) is 0 Å². The molecule has 0 bridgehead atoms. The maximum Gasteiger partial charge on any atom is 0.232 e. The summed E-state index contributed by atoms with van der Waals surface area (Å²) >= 11 is 0. The smallest absolute Gasteiger partial charge is 0.232 e. The third-order valence-electron chi connectivity index (χ3n) is 3.64. The average Bonchev–Trinajstić information content (AvgIpc) is 2.37. The lowest BCUT2D eigenvalue weighted by atomic mass is 9.82. The predicted molar refractivity (Wildman–Crippen MR) is 73.1 cm³/mol. The Hall–Kier alpha value is -1.63. The largest absolute Gasteiger partial charge is 0.378 e. The summed E-state index contributed by atoms with van der Waals surface area (Å²) in [7, 11) is 0. The fourth-order valence-electron chi connectivity index (χ4n) is 2.55. The van der Waals surface area contributed by atoms with Crippen molar-refractivity contribution in [3.05, 3.63) is 0 Å². The molecule has 0 spiro atoms. The highest BCUT2D eigenvalue weighted by Crippen LogP contribution is 2.28. The number of nitrogens with two attached hydrogens (primary N) is 1. The zero-order valence-electron chi connectivity index (χ0n) is 11.2. The number of morpholine rings is 1. The molecule has 1 aliphatic carbocycles. The molecule has 0 unspecified atom stereocenters. The van der Waals surface area contributed by atoms with Crippen molar-refractivity contribution in [3.8, 4) is 0 Å². The highest BCUT2D eigenvalue weighted by atomic mass is 16.5. The third kappa shape index (κ3) is 2.86. The molecule has 2 fully saturated rings. The van der Waals surface area contributed by atoms with Crippen molar-refractivity contribution in [3.63, 3.8) is 0 Å². The number of aromatic nitrogens is 3. The van der Waals surface area contributed by atoms with Gasteiger partial charge in [0.05, 0.1) is 13.2 Å². The number of hydrogen-bond donors (Lipinski definition) is 2. The summed E-state index contributed by atoms with van der Waals surface area (Å²) in [4.78, 5) is 14.9. The van der Waals surface area contributed by atoms with Crippen molar-refractivity contribution in [2.75, 3.05) is 42.3 Å². The van der Waals surface area contributed by atoms with E-state index in [-0.39, 0.29) is 5.95 Å². The van der Waals surface area contributed by atoms with Gasteiger partial charge in [-0.2, -0.15) is 15.0 Å². The molecular weight excluding hydrogens is 244 g/mol. The Morgan fingerprint density at radius 1 is 1.21 bits per heavy atom. The highest BCUT2D eigenvalue weighted by molar-refractivity contribution is 5.42. The summed E-state index contributed by atoms with van der Waals surface area (Å²) in [5, 5.41) is 3.33. The maximum atomic E-state index is 5.77. The van der Waals surface area contributed by atoms with Crippen LogP contribution in [0.15, 0.2) is 0 Å². The topological polar surface area (TPSA) is 89.2 Å². The summed E-state index contributed by atoms with van der Waals surface area (Å²) in [5.74, 6) is 2.29. The van der Waals surface area contributed by atoms with Gasteiger partial charge in [-0.15, -0.1) is 0 Å². The Balaban J connectivity index is 1.71. The van der Waals surface area contributed by atoms with Gasteiger partial charge < -0.3 is 20.7 Å². The zero-order chi connectivity index (χ0) is 13.2. The molecule has 2 heterocycles. The van der Waals surface area contributed by atoms with E-state index in [1.807, 2.05) is 0 Å². The standard InChI is InChI=1S/C12H20N6O/c1-8-6-9(7-8)14-11-15-10(13)16-12(17-11)18-2-4-19-5-3-18/h8-9H,2-7H2,1H3,(H3,13,14,15,16,17). The molecule has 3 N–H and O–H groups in total. The van der Waals surface area contributed by atoms with E-state index in [0.29, 0.717) is 31.2 Å². The maximum absolute atomic E-state index is 5.77. The summed E-state index contributed by atoms with van der Waals surface area (Å²) in [6, 6.07) is 0.467. The van der Waals surface area contributed by atoms with Crippen molar-refractivity contribution in [1.82, 2.24) is 15.0 Å². The molecule has 1 aliphatic heterocycles. The molecular formula is C12H20N6O. The van der Waals surface area contributed by atoms with Gasteiger partial charge in [0.2, 0.25) is 17.8 Å². The lowest BCUT2D eigenvalue weighted by Crippen LogP contribution is -2.38. The summed E-state index contributed by atoms with van der Waals surface area (Å²) in [5.41, 5.74) is 5.77. The van der Waals surface area contributed by atoms with Gasteiger partial charge in [-0.25, -0.2) is 0 Å². The van der Waals surface area contributed by atoms with Gasteiger partial charge in [-0.1, -0.05) is 6.92 Å². The molecule has 104 valence electrons. The molecule has 1 saturated carbocycles. The van der Waals surface area contributed by atoms with Gasteiger partial charge in [-0.3, -0.25) is 0 Å². The van der Waals surface area contributed by atoms with E-state index in [4.69, 9.17) is 10.5 Å². The Labute approximate surface area is 112 Å². The first-order chi connectivity index (χ1) is 9.20. The number of anilines is 3. The molecule has 7 heteroatoms. The van der Waals surface area contributed by atoms with Crippen LogP contribution < -0.4 is 16.0 Å². The lowest BCUT2D eigenvalue weighted by molar-refractivity contribution is 0.122. The second-order valence-electron chi connectivity index (χ2n) is 5.33.